The lowest BCUT2D eigenvalue weighted by atomic mass is 9.88. The number of carbonyl (C=O) groups is 2. The summed E-state index contributed by atoms with van der Waals surface area (Å²) in [6.45, 7) is 6.97. The van der Waals surface area contributed by atoms with Gasteiger partial charge in [0.15, 0.2) is 0 Å². The molecule has 0 aliphatic carbocycles. The average molecular weight is 269 g/mol. The van der Waals surface area contributed by atoms with E-state index in [2.05, 4.69) is 5.32 Å². The molecule has 0 bridgehead atoms. The Labute approximate surface area is 111 Å². The fourth-order valence-electron chi connectivity index (χ4n) is 1.34. The molecule has 1 amide bonds. The van der Waals surface area contributed by atoms with Gasteiger partial charge < -0.3 is 10.4 Å². The van der Waals surface area contributed by atoms with Crippen LogP contribution in [0.4, 0.5) is 0 Å². The molecule has 0 saturated heterocycles. The van der Waals surface area contributed by atoms with Gasteiger partial charge in [-0.1, -0.05) is 6.07 Å². The Hall–Kier alpha value is -1.36. The van der Waals surface area contributed by atoms with E-state index in [0.29, 0.717) is 0 Å². The predicted molar refractivity (Wildman–Crippen MR) is 71.8 cm³/mol. The number of amides is 1. The van der Waals surface area contributed by atoms with Gasteiger partial charge in [0.2, 0.25) is 5.91 Å². The summed E-state index contributed by atoms with van der Waals surface area (Å²) in [5.74, 6) is -1.07. The van der Waals surface area contributed by atoms with Crippen LogP contribution in [-0.4, -0.2) is 23.5 Å². The van der Waals surface area contributed by atoms with Crippen LogP contribution in [0.5, 0.6) is 0 Å². The summed E-state index contributed by atoms with van der Waals surface area (Å²) >= 11 is 1.52. The quantitative estimate of drug-likeness (QED) is 0.861. The Kier molecular flexibility index (Phi) is 4.16. The van der Waals surface area contributed by atoms with Crippen LogP contribution in [0.3, 0.4) is 0 Å². The summed E-state index contributed by atoms with van der Waals surface area (Å²) in [5, 5.41) is 13.6. The van der Waals surface area contributed by atoms with E-state index in [4.69, 9.17) is 5.11 Å². The molecule has 0 aliphatic heterocycles. The van der Waals surface area contributed by atoms with Crippen molar-refractivity contribution in [1.82, 2.24) is 5.32 Å². The second-order valence-electron chi connectivity index (χ2n) is 5.47. The van der Waals surface area contributed by atoms with Crippen molar-refractivity contribution in [3.63, 3.8) is 0 Å². The van der Waals surface area contributed by atoms with E-state index in [1.165, 1.54) is 11.3 Å². The van der Waals surface area contributed by atoms with Crippen molar-refractivity contribution in [2.75, 3.05) is 6.54 Å². The topological polar surface area (TPSA) is 66.4 Å². The zero-order valence-corrected chi connectivity index (χ0v) is 11.9. The molecule has 1 rings (SSSR count). The number of hydrogen-bond donors (Lipinski definition) is 2. The third-order valence-corrected chi connectivity index (χ3v) is 4.17. The molecule has 1 aromatic rings. The second-order valence-corrected chi connectivity index (χ2v) is 6.42. The summed E-state index contributed by atoms with van der Waals surface area (Å²) in [4.78, 5) is 24.1. The third-order valence-electron chi connectivity index (χ3n) is 2.97. The molecule has 0 saturated carbocycles. The van der Waals surface area contributed by atoms with Crippen LogP contribution < -0.4 is 5.32 Å². The SMILES string of the molecule is CC(C)(CNC(=O)C(C)(C)c1cccs1)C(=O)O. The molecule has 1 aromatic heterocycles. The molecule has 0 radical (unpaired) electrons. The molecule has 0 aliphatic rings. The molecular weight excluding hydrogens is 250 g/mol. The summed E-state index contributed by atoms with van der Waals surface area (Å²) in [6.07, 6.45) is 0. The zero-order chi connectivity index (χ0) is 14.0. The van der Waals surface area contributed by atoms with Crippen molar-refractivity contribution in [2.24, 2.45) is 5.41 Å². The van der Waals surface area contributed by atoms with Crippen LogP contribution in [0.25, 0.3) is 0 Å². The highest BCUT2D eigenvalue weighted by molar-refractivity contribution is 7.10. The Balaban J connectivity index is 2.70. The predicted octanol–water partition coefficient (Wildman–Crippen LogP) is 2.25. The number of rotatable bonds is 5. The van der Waals surface area contributed by atoms with Crippen molar-refractivity contribution in [2.45, 2.75) is 33.1 Å². The van der Waals surface area contributed by atoms with Gasteiger partial charge in [0.05, 0.1) is 10.8 Å². The number of carboxylic acids is 1. The molecule has 4 nitrogen and oxygen atoms in total. The Morgan fingerprint density at radius 1 is 1.33 bits per heavy atom. The lowest BCUT2D eigenvalue weighted by Gasteiger charge is -2.26. The maximum atomic E-state index is 12.1. The van der Waals surface area contributed by atoms with Crippen molar-refractivity contribution < 1.29 is 14.7 Å². The first-order valence-electron chi connectivity index (χ1n) is 5.73. The Morgan fingerprint density at radius 2 is 1.94 bits per heavy atom. The summed E-state index contributed by atoms with van der Waals surface area (Å²) in [5.41, 5.74) is -1.59. The Bertz CT molecular complexity index is 435. The number of carbonyl (C=O) groups excluding carboxylic acids is 1. The average Bonchev–Trinajstić information content (AvgIpc) is 2.79. The number of thiophene rings is 1. The second kappa shape index (κ2) is 5.10. The van der Waals surface area contributed by atoms with E-state index >= 15 is 0 Å². The first-order chi connectivity index (χ1) is 8.18. The minimum atomic E-state index is -0.957. The van der Waals surface area contributed by atoms with Crippen molar-refractivity contribution in [1.29, 1.82) is 0 Å². The molecule has 0 spiro atoms. The Morgan fingerprint density at radius 3 is 2.39 bits per heavy atom. The highest BCUT2D eigenvalue weighted by Gasteiger charge is 2.33. The van der Waals surface area contributed by atoms with Gasteiger partial charge >= 0.3 is 5.97 Å². The van der Waals surface area contributed by atoms with Crippen molar-refractivity contribution in [3.05, 3.63) is 22.4 Å². The molecule has 2 N–H and O–H groups in total. The van der Waals surface area contributed by atoms with Gasteiger partial charge in [-0.05, 0) is 39.1 Å². The molecule has 1 heterocycles. The zero-order valence-electron chi connectivity index (χ0n) is 11.1. The van der Waals surface area contributed by atoms with Gasteiger partial charge in [-0.25, -0.2) is 0 Å². The van der Waals surface area contributed by atoms with Crippen LogP contribution in [0, 0.1) is 5.41 Å². The van der Waals surface area contributed by atoms with Gasteiger partial charge in [0, 0.05) is 11.4 Å². The van der Waals surface area contributed by atoms with E-state index in [-0.39, 0.29) is 12.5 Å². The highest BCUT2D eigenvalue weighted by atomic mass is 32.1. The third kappa shape index (κ3) is 3.10. The molecule has 0 unspecified atom stereocenters. The van der Waals surface area contributed by atoms with Crippen LogP contribution in [-0.2, 0) is 15.0 Å². The minimum Gasteiger partial charge on any atom is -0.481 e. The summed E-state index contributed by atoms with van der Waals surface area (Å²) < 4.78 is 0. The minimum absolute atomic E-state index is 0.121. The molecule has 0 fully saturated rings. The maximum Gasteiger partial charge on any atom is 0.310 e. The monoisotopic (exact) mass is 269 g/mol. The van der Waals surface area contributed by atoms with Crippen LogP contribution >= 0.6 is 11.3 Å². The van der Waals surface area contributed by atoms with Crippen LogP contribution in [0.1, 0.15) is 32.6 Å². The van der Waals surface area contributed by atoms with Crippen LogP contribution in [0.2, 0.25) is 0 Å². The summed E-state index contributed by atoms with van der Waals surface area (Å²) in [7, 11) is 0. The number of nitrogens with one attached hydrogen (secondary N) is 1. The summed E-state index contributed by atoms with van der Waals surface area (Å²) in [6, 6.07) is 3.81. The van der Waals surface area contributed by atoms with E-state index in [1.807, 2.05) is 31.4 Å². The fourth-order valence-corrected chi connectivity index (χ4v) is 2.19. The highest BCUT2D eigenvalue weighted by Crippen LogP contribution is 2.28. The van der Waals surface area contributed by atoms with Crippen LogP contribution in [0.15, 0.2) is 17.5 Å². The number of carboxylic acid groups (broad SMARTS) is 1. The first-order valence-corrected chi connectivity index (χ1v) is 6.61. The van der Waals surface area contributed by atoms with Crippen molar-refractivity contribution >= 4 is 23.2 Å². The first kappa shape index (κ1) is 14.7. The lowest BCUT2D eigenvalue weighted by molar-refractivity contribution is -0.146. The molecular formula is C13H19NO3S. The van der Waals surface area contributed by atoms with E-state index in [1.54, 1.807) is 13.8 Å². The van der Waals surface area contributed by atoms with E-state index in [0.717, 1.165) is 4.88 Å². The largest absolute Gasteiger partial charge is 0.481 e. The fraction of sp³-hybridized carbons (Fsp3) is 0.538. The van der Waals surface area contributed by atoms with Crippen molar-refractivity contribution in [3.8, 4) is 0 Å². The lowest BCUT2D eigenvalue weighted by Crippen LogP contribution is -2.45. The van der Waals surface area contributed by atoms with Gasteiger partial charge in [-0.2, -0.15) is 0 Å². The van der Waals surface area contributed by atoms with E-state index < -0.39 is 16.8 Å². The smallest absolute Gasteiger partial charge is 0.310 e. The molecule has 18 heavy (non-hydrogen) atoms. The number of hydrogen-bond acceptors (Lipinski definition) is 3. The molecule has 5 heteroatoms. The normalized spacial score (nSPS) is 12.2. The standard InChI is InChI=1S/C13H19NO3S/c1-12(2,11(16)17)8-14-10(15)13(3,4)9-6-5-7-18-9/h5-7H,8H2,1-4H3,(H,14,15)(H,16,17). The molecule has 100 valence electrons. The van der Waals surface area contributed by atoms with Gasteiger partial charge in [0.1, 0.15) is 0 Å². The van der Waals surface area contributed by atoms with Gasteiger partial charge in [0.25, 0.3) is 0 Å². The number of aliphatic carboxylic acids is 1. The maximum absolute atomic E-state index is 12.1. The molecule has 0 atom stereocenters. The van der Waals surface area contributed by atoms with Gasteiger partial charge in [-0.3, -0.25) is 9.59 Å². The van der Waals surface area contributed by atoms with E-state index in [9.17, 15) is 9.59 Å². The molecule has 0 aromatic carbocycles. The van der Waals surface area contributed by atoms with Gasteiger partial charge in [-0.15, -0.1) is 11.3 Å².